The number of halogens is 1. The molecule has 0 saturated carbocycles. The molecule has 0 bridgehead atoms. The normalized spacial score (nSPS) is 12.0. The van der Waals surface area contributed by atoms with E-state index in [1.165, 1.54) is 0 Å². The summed E-state index contributed by atoms with van der Waals surface area (Å²) in [6.07, 6.45) is 0. The van der Waals surface area contributed by atoms with Gasteiger partial charge in [-0.3, -0.25) is 4.79 Å². The monoisotopic (exact) mass is 236 g/mol. The van der Waals surface area contributed by atoms with Crippen molar-refractivity contribution in [1.29, 1.82) is 0 Å². The van der Waals surface area contributed by atoms with Gasteiger partial charge in [-0.1, -0.05) is 18.2 Å². The molecule has 0 aliphatic heterocycles. The third-order valence-electron chi connectivity index (χ3n) is 2.55. The molecule has 4 heteroatoms. The van der Waals surface area contributed by atoms with Gasteiger partial charge in [0.2, 0.25) is 0 Å². The van der Waals surface area contributed by atoms with Crippen LogP contribution in [-0.4, -0.2) is 4.09 Å². The second kappa shape index (κ2) is 3.61. The first kappa shape index (κ1) is 11.2. The molecule has 0 aliphatic carbocycles. The summed E-state index contributed by atoms with van der Waals surface area (Å²) < 4.78 is 1.12. The molecule has 0 saturated heterocycles. The third-order valence-corrected chi connectivity index (χ3v) is 2.89. The minimum absolute atomic E-state index is 0.257. The molecule has 2 N–H and O–H groups in total. The largest absolute Gasteiger partial charge is 0.322 e. The van der Waals surface area contributed by atoms with Gasteiger partial charge in [-0.2, -0.15) is 0 Å². The van der Waals surface area contributed by atoms with Crippen LogP contribution in [0.2, 0.25) is 0 Å². The van der Waals surface area contributed by atoms with E-state index in [9.17, 15) is 4.79 Å². The molecule has 0 spiro atoms. The van der Waals surface area contributed by atoms with Crippen molar-refractivity contribution in [2.24, 2.45) is 5.73 Å². The molecule has 0 aliphatic rings. The number of aromatic nitrogens is 1. The second-order valence-electron chi connectivity index (χ2n) is 4.42. The van der Waals surface area contributed by atoms with E-state index in [1.54, 1.807) is 26.0 Å². The lowest BCUT2D eigenvalue weighted by atomic mass is 9.96. The van der Waals surface area contributed by atoms with E-state index in [1.807, 2.05) is 18.2 Å². The maximum absolute atomic E-state index is 12.0. The molecule has 1 heterocycles. The molecule has 1 aromatic heterocycles. The van der Waals surface area contributed by atoms with E-state index in [-0.39, 0.29) is 5.56 Å². The Morgan fingerprint density at radius 3 is 2.56 bits per heavy atom. The van der Waals surface area contributed by atoms with Gasteiger partial charge in [0.05, 0.1) is 5.52 Å². The van der Waals surface area contributed by atoms with Crippen LogP contribution in [0.4, 0.5) is 0 Å². The highest BCUT2D eigenvalue weighted by atomic mass is 35.5. The van der Waals surface area contributed by atoms with Crippen molar-refractivity contribution in [2.45, 2.75) is 19.4 Å². The predicted octanol–water partition coefficient (Wildman–Crippen LogP) is 2.20. The fourth-order valence-electron chi connectivity index (χ4n) is 1.68. The fourth-order valence-corrected chi connectivity index (χ4v) is 1.93. The molecule has 2 rings (SSSR count). The van der Waals surface area contributed by atoms with E-state index < -0.39 is 5.54 Å². The maximum Gasteiger partial charge on any atom is 0.270 e. The van der Waals surface area contributed by atoms with Crippen LogP contribution in [-0.2, 0) is 5.54 Å². The average Bonchev–Trinajstić information content (AvgIpc) is 2.22. The van der Waals surface area contributed by atoms with E-state index in [2.05, 4.69) is 0 Å². The number of hydrogen-bond donors (Lipinski definition) is 1. The number of rotatable bonds is 1. The summed E-state index contributed by atoms with van der Waals surface area (Å²) >= 11 is 5.99. The van der Waals surface area contributed by atoms with Crippen molar-refractivity contribution in [3.63, 3.8) is 0 Å². The summed E-state index contributed by atoms with van der Waals surface area (Å²) in [5, 5.41) is 0.908. The summed E-state index contributed by atoms with van der Waals surface area (Å²) in [5.41, 5.74) is 6.20. The second-order valence-corrected chi connectivity index (χ2v) is 4.76. The molecule has 1 aromatic carbocycles. The topological polar surface area (TPSA) is 48.0 Å². The molecule has 84 valence electrons. The Labute approximate surface area is 98.6 Å². The summed E-state index contributed by atoms with van der Waals surface area (Å²) in [6.45, 7) is 3.57. The summed E-state index contributed by atoms with van der Waals surface area (Å²) in [7, 11) is 0. The van der Waals surface area contributed by atoms with Crippen molar-refractivity contribution in [2.75, 3.05) is 0 Å². The highest BCUT2D eigenvalue weighted by molar-refractivity contribution is 6.18. The Kier molecular flexibility index (Phi) is 2.52. The highest BCUT2D eigenvalue weighted by Gasteiger charge is 2.20. The Hall–Kier alpha value is -1.32. The standard InChI is InChI=1S/C12H13ClN2O/c1-12(2,14)9-7-8-5-3-4-6-10(8)15(13)11(9)16/h3-7H,14H2,1-2H3. The number of hydrogen-bond acceptors (Lipinski definition) is 2. The van der Waals surface area contributed by atoms with Gasteiger partial charge in [0.15, 0.2) is 0 Å². The first-order chi connectivity index (χ1) is 7.41. The Morgan fingerprint density at radius 1 is 1.31 bits per heavy atom. The van der Waals surface area contributed by atoms with Gasteiger partial charge < -0.3 is 5.73 Å². The minimum atomic E-state index is -0.697. The Bertz CT molecular complexity index is 596. The summed E-state index contributed by atoms with van der Waals surface area (Å²) in [4.78, 5) is 12.0. The van der Waals surface area contributed by atoms with Crippen LogP contribution >= 0.6 is 11.8 Å². The van der Waals surface area contributed by atoms with Crippen LogP contribution in [0.25, 0.3) is 10.9 Å². The van der Waals surface area contributed by atoms with Gasteiger partial charge >= 0.3 is 0 Å². The van der Waals surface area contributed by atoms with Gasteiger partial charge in [0.25, 0.3) is 5.56 Å². The zero-order valence-electron chi connectivity index (χ0n) is 9.20. The lowest BCUT2D eigenvalue weighted by Gasteiger charge is -2.19. The smallest absolute Gasteiger partial charge is 0.270 e. The number of nitrogens with zero attached hydrogens (tertiary/aromatic N) is 1. The molecule has 0 amide bonds. The number of benzene rings is 1. The van der Waals surface area contributed by atoms with Crippen molar-refractivity contribution < 1.29 is 0 Å². The zero-order chi connectivity index (χ0) is 11.9. The van der Waals surface area contributed by atoms with Crippen LogP contribution in [0.1, 0.15) is 19.4 Å². The van der Waals surface area contributed by atoms with E-state index in [4.69, 9.17) is 17.5 Å². The molecular weight excluding hydrogens is 224 g/mol. The Balaban J connectivity index is 2.90. The summed E-state index contributed by atoms with van der Waals surface area (Å²) in [6, 6.07) is 9.25. The van der Waals surface area contributed by atoms with E-state index in [0.717, 1.165) is 9.47 Å². The van der Waals surface area contributed by atoms with Crippen LogP contribution < -0.4 is 11.3 Å². The molecule has 3 nitrogen and oxygen atoms in total. The Morgan fingerprint density at radius 2 is 1.94 bits per heavy atom. The van der Waals surface area contributed by atoms with Crippen LogP contribution in [0, 0.1) is 0 Å². The first-order valence-corrected chi connectivity index (χ1v) is 5.35. The lowest BCUT2D eigenvalue weighted by Crippen LogP contribution is -2.36. The van der Waals surface area contributed by atoms with Gasteiger partial charge in [-0.15, -0.1) is 0 Å². The van der Waals surface area contributed by atoms with E-state index in [0.29, 0.717) is 11.1 Å². The van der Waals surface area contributed by atoms with Crippen molar-refractivity contribution in [1.82, 2.24) is 4.09 Å². The molecule has 16 heavy (non-hydrogen) atoms. The first-order valence-electron chi connectivity index (χ1n) is 5.01. The molecule has 0 radical (unpaired) electrons. The minimum Gasteiger partial charge on any atom is -0.322 e. The van der Waals surface area contributed by atoms with Crippen molar-refractivity contribution in [3.05, 3.63) is 46.2 Å². The van der Waals surface area contributed by atoms with Crippen molar-refractivity contribution in [3.8, 4) is 0 Å². The maximum atomic E-state index is 12.0. The third kappa shape index (κ3) is 1.72. The van der Waals surface area contributed by atoms with Crippen molar-refractivity contribution >= 4 is 22.7 Å². The molecule has 0 atom stereocenters. The number of pyridine rings is 1. The number of nitrogens with two attached hydrogens (primary N) is 1. The van der Waals surface area contributed by atoms with Gasteiger partial charge in [0, 0.05) is 28.3 Å². The van der Waals surface area contributed by atoms with Gasteiger partial charge in [-0.25, -0.2) is 4.09 Å². The molecular formula is C12H13ClN2O. The average molecular weight is 237 g/mol. The quantitative estimate of drug-likeness (QED) is 0.825. The number of para-hydroxylation sites is 1. The fraction of sp³-hybridized carbons (Fsp3) is 0.250. The van der Waals surface area contributed by atoms with Crippen LogP contribution in [0.3, 0.4) is 0 Å². The van der Waals surface area contributed by atoms with Gasteiger partial charge in [0.1, 0.15) is 0 Å². The predicted molar refractivity (Wildman–Crippen MR) is 66.7 cm³/mol. The molecule has 2 aromatic rings. The summed E-state index contributed by atoms with van der Waals surface area (Å²) in [5.74, 6) is 0. The zero-order valence-corrected chi connectivity index (χ0v) is 9.95. The molecule has 0 unspecified atom stereocenters. The van der Waals surface area contributed by atoms with Crippen LogP contribution in [0.5, 0.6) is 0 Å². The van der Waals surface area contributed by atoms with Gasteiger partial charge in [-0.05, 0) is 26.0 Å². The van der Waals surface area contributed by atoms with Crippen LogP contribution in [0.15, 0.2) is 35.1 Å². The molecule has 0 fully saturated rings. The SMILES string of the molecule is CC(C)(N)c1cc2ccccc2n(Cl)c1=O. The highest BCUT2D eigenvalue weighted by Crippen LogP contribution is 2.19. The van der Waals surface area contributed by atoms with E-state index >= 15 is 0 Å². The number of fused-ring (bicyclic) bond motifs is 1. The lowest BCUT2D eigenvalue weighted by molar-refractivity contribution is 0.547.